The van der Waals surface area contributed by atoms with Crippen molar-refractivity contribution in [2.75, 3.05) is 17.3 Å². The molecule has 1 unspecified atom stereocenters. The molecule has 1 aromatic rings. The fourth-order valence-corrected chi connectivity index (χ4v) is 2.01. The highest BCUT2D eigenvalue weighted by molar-refractivity contribution is 6.18. The summed E-state index contributed by atoms with van der Waals surface area (Å²) in [4.78, 5) is 27.7. The molecule has 6 heteroatoms. The number of aromatic nitrogens is 1. The number of amides is 1. The lowest BCUT2D eigenvalue weighted by molar-refractivity contribution is -0.117. The molecular weight excluding hydrogens is 244 g/mol. The van der Waals surface area contributed by atoms with Crippen molar-refractivity contribution in [1.29, 1.82) is 0 Å². The molecule has 1 saturated heterocycles. The van der Waals surface area contributed by atoms with Crippen LogP contribution >= 0.6 is 11.6 Å². The summed E-state index contributed by atoms with van der Waals surface area (Å²) in [7, 11) is 0. The van der Waals surface area contributed by atoms with Gasteiger partial charge < -0.3 is 10.0 Å². The van der Waals surface area contributed by atoms with Gasteiger partial charge in [0.15, 0.2) is 0 Å². The molecule has 0 spiro atoms. The van der Waals surface area contributed by atoms with Gasteiger partial charge in [0, 0.05) is 18.8 Å². The van der Waals surface area contributed by atoms with E-state index < -0.39 is 5.97 Å². The maximum atomic E-state index is 11.7. The Bertz CT molecular complexity index is 447. The van der Waals surface area contributed by atoms with Crippen LogP contribution in [0.1, 0.15) is 16.9 Å². The Balaban J connectivity index is 2.18. The lowest BCUT2D eigenvalue weighted by atomic mass is 10.1. The normalized spacial score (nSPS) is 19.7. The minimum absolute atomic E-state index is 0.000486. The van der Waals surface area contributed by atoms with Gasteiger partial charge in [0.25, 0.3) is 0 Å². The van der Waals surface area contributed by atoms with E-state index in [1.807, 2.05) is 0 Å². The monoisotopic (exact) mass is 254 g/mol. The number of carboxylic acids is 1. The van der Waals surface area contributed by atoms with E-state index >= 15 is 0 Å². The average Bonchev–Trinajstić information content (AvgIpc) is 2.71. The molecule has 0 bridgehead atoms. The zero-order valence-electron chi connectivity index (χ0n) is 8.97. The van der Waals surface area contributed by atoms with Gasteiger partial charge in [0.05, 0.1) is 11.9 Å². The third-order valence-electron chi connectivity index (χ3n) is 2.70. The van der Waals surface area contributed by atoms with Gasteiger partial charge in [0.2, 0.25) is 5.91 Å². The molecule has 0 radical (unpaired) electrons. The Hall–Kier alpha value is -1.62. The van der Waals surface area contributed by atoms with Crippen LogP contribution in [-0.4, -0.2) is 34.4 Å². The second-order valence-electron chi connectivity index (χ2n) is 3.94. The van der Waals surface area contributed by atoms with Crippen molar-refractivity contribution in [2.24, 2.45) is 5.92 Å². The topological polar surface area (TPSA) is 70.5 Å². The number of carbonyl (C=O) groups excluding carboxylic acids is 1. The highest BCUT2D eigenvalue weighted by Crippen LogP contribution is 2.25. The fraction of sp³-hybridized carbons (Fsp3) is 0.364. The number of carboxylic acid groups (broad SMARTS) is 1. The Kier molecular flexibility index (Phi) is 3.28. The summed E-state index contributed by atoms with van der Waals surface area (Å²) in [5, 5.41) is 8.71. The van der Waals surface area contributed by atoms with Crippen LogP contribution in [0.15, 0.2) is 18.3 Å². The molecule has 5 nitrogen and oxygen atoms in total. The zero-order chi connectivity index (χ0) is 12.4. The van der Waals surface area contributed by atoms with Gasteiger partial charge in [-0.15, -0.1) is 11.6 Å². The van der Waals surface area contributed by atoms with Crippen molar-refractivity contribution in [1.82, 2.24) is 4.98 Å². The Morgan fingerprint density at radius 2 is 2.35 bits per heavy atom. The maximum Gasteiger partial charge on any atom is 0.354 e. The molecule has 0 saturated carbocycles. The predicted octanol–water partition coefficient (Wildman–Crippen LogP) is 1.37. The quantitative estimate of drug-likeness (QED) is 0.827. The Morgan fingerprint density at radius 1 is 1.59 bits per heavy atom. The molecule has 1 N–H and O–H groups in total. The Labute approximate surface area is 103 Å². The number of pyridine rings is 1. The van der Waals surface area contributed by atoms with Gasteiger partial charge in [-0.2, -0.15) is 0 Å². The van der Waals surface area contributed by atoms with E-state index in [2.05, 4.69) is 4.98 Å². The summed E-state index contributed by atoms with van der Waals surface area (Å²) in [6.45, 7) is 0.566. The van der Waals surface area contributed by atoms with E-state index in [9.17, 15) is 9.59 Å². The second-order valence-corrected chi connectivity index (χ2v) is 4.24. The second kappa shape index (κ2) is 4.71. The summed E-state index contributed by atoms with van der Waals surface area (Å²) in [5.74, 6) is -0.477. The molecule has 1 amide bonds. The van der Waals surface area contributed by atoms with Crippen LogP contribution in [0.3, 0.4) is 0 Å². The van der Waals surface area contributed by atoms with Crippen molar-refractivity contribution >= 4 is 29.2 Å². The molecule has 0 aromatic carbocycles. The van der Waals surface area contributed by atoms with Gasteiger partial charge >= 0.3 is 5.97 Å². The first kappa shape index (κ1) is 11.9. The van der Waals surface area contributed by atoms with E-state index in [1.54, 1.807) is 11.0 Å². The van der Waals surface area contributed by atoms with Crippen LogP contribution in [-0.2, 0) is 4.79 Å². The highest BCUT2D eigenvalue weighted by Gasteiger charge is 2.30. The number of halogens is 1. The van der Waals surface area contributed by atoms with Crippen molar-refractivity contribution in [3.05, 3.63) is 24.0 Å². The van der Waals surface area contributed by atoms with Gasteiger partial charge in [0.1, 0.15) is 5.69 Å². The first-order valence-electron chi connectivity index (χ1n) is 5.17. The third kappa shape index (κ3) is 2.39. The van der Waals surface area contributed by atoms with Crippen molar-refractivity contribution in [2.45, 2.75) is 6.42 Å². The molecular formula is C11H11ClN2O3. The van der Waals surface area contributed by atoms with E-state index in [4.69, 9.17) is 16.7 Å². The van der Waals surface area contributed by atoms with Crippen LogP contribution in [0.2, 0.25) is 0 Å². The molecule has 90 valence electrons. The predicted molar refractivity (Wildman–Crippen MR) is 62.4 cm³/mol. The Morgan fingerprint density at radius 3 is 2.82 bits per heavy atom. The number of anilines is 1. The minimum atomic E-state index is -1.08. The average molecular weight is 255 g/mol. The molecule has 2 heterocycles. The van der Waals surface area contributed by atoms with E-state index in [1.165, 1.54) is 12.3 Å². The number of aromatic carboxylic acids is 1. The number of rotatable bonds is 3. The van der Waals surface area contributed by atoms with Crippen molar-refractivity contribution < 1.29 is 14.7 Å². The molecule has 0 aliphatic carbocycles. The van der Waals surface area contributed by atoms with E-state index in [0.717, 1.165) is 0 Å². The largest absolute Gasteiger partial charge is 0.477 e. The van der Waals surface area contributed by atoms with Gasteiger partial charge in [-0.3, -0.25) is 4.79 Å². The van der Waals surface area contributed by atoms with Crippen LogP contribution in [0.4, 0.5) is 5.69 Å². The van der Waals surface area contributed by atoms with Gasteiger partial charge in [-0.05, 0) is 18.1 Å². The molecule has 1 fully saturated rings. The lowest BCUT2D eigenvalue weighted by Crippen LogP contribution is -2.24. The first-order chi connectivity index (χ1) is 8.11. The molecule has 1 atom stereocenters. The first-order valence-corrected chi connectivity index (χ1v) is 5.71. The van der Waals surface area contributed by atoms with Crippen molar-refractivity contribution in [3.8, 4) is 0 Å². The number of hydrogen-bond donors (Lipinski definition) is 1. The van der Waals surface area contributed by atoms with Crippen LogP contribution < -0.4 is 4.90 Å². The summed E-state index contributed by atoms with van der Waals surface area (Å²) in [5.41, 5.74) is 0.585. The highest BCUT2D eigenvalue weighted by atomic mass is 35.5. The summed E-state index contributed by atoms with van der Waals surface area (Å²) < 4.78 is 0. The number of alkyl halides is 1. The maximum absolute atomic E-state index is 11.7. The van der Waals surface area contributed by atoms with E-state index in [-0.39, 0.29) is 17.5 Å². The smallest absolute Gasteiger partial charge is 0.354 e. The molecule has 2 rings (SSSR count). The SMILES string of the molecule is O=C(O)c1ccc(N2CC(CCl)CC2=O)cn1. The van der Waals surface area contributed by atoms with E-state index in [0.29, 0.717) is 24.5 Å². The number of hydrogen-bond acceptors (Lipinski definition) is 3. The molecule has 1 aliphatic heterocycles. The fourth-order valence-electron chi connectivity index (χ4n) is 1.81. The summed E-state index contributed by atoms with van der Waals surface area (Å²) in [6.07, 6.45) is 1.84. The molecule has 1 aromatic heterocycles. The van der Waals surface area contributed by atoms with Crippen molar-refractivity contribution in [3.63, 3.8) is 0 Å². The lowest BCUT2D eigenvalue weighted by Gasteiger charge is -2.15. The molecule has 17 heavy (non-hydrogen) atoms. The van der Waals surface area contributed by atoms with Crippen LogP contribution in [0.25, 0.3) is 0 Å². The number of nitrogens with zero attached hydrogens (tertiary/aromatic N) is 2. The third-order valence-corrected chi connectivity index (χ3v) is 3.14. The van der Waals surface area contributed by atoms with Crippen LogP contribution in [0.5, 0.6) is 0 Å². The summed E-state index contributed by atoms with van der Waals surface area (Å²) >= 11 is 5.72. The summed E-state index contributed by atoms with van der Waals surface area (Å²) in [6, 6.07) is 2.98. The minimum Gasteiger partial charge on any atom is -0.477 e. The van der Waals surface area contributed by atoms with Gasteiger partial charge in [-0.1, -0.05) is 0 Å². The van der Waals surface area contributed by atoms with Gasteiger partial charge in [-0.25, -0.2) is 9.78 Å². The molecule has 1 aliphatic rings. The number of carbonyl (C=O) groups is 2. The standard InChI is InChI=1S/C11H11ClN2O3/c12-4-7-3-10(15)14(6-7)8-1-2-9(11(16)17)13-5-8/h1-2,5,7H,3-4,6H2,(H,16,17). The zero-order valence-corrected chi connectivity index (χ0v) is 9.72. The van der Waals surface area contributed by atoms with Crippen LogP contribution in [0, 0.1) is 5.92 Å².